The molecule has 1 saturated heterocycles. The van der Waals surface area contributed by atoms with Gasteiger partial charge in [-0.05, 0) is 42.7 Å². The van der Waals surface area contributed by atoms with Crippen LogP contribution in [0.15, 0.2) is 73.6 Å². The first-order valence-corrected chi connectivity index (χ1v) is 11.1. The van der Waals surface area contributed by atoms with Gasteiger partial charge in [-0.15, -0.1) is 0 Å². The molecule has 3 aromatic heterocycles. The molecular weight excluding hydrogens is 436 g/mol. The largest absolute Gasteiger partial charge is 0.329 e. The summed E-state index contributed by atoms with van der Waals surface area (Å²) in [4.78, 5) is 37.1. The van der Waals surface area contributed by atoms with E-state index in [9.17, 15) is 4.79 Å². The van der Waals surface area contributed by atoms with Crippen molar-refractivity contribution in [3.63, 3.8) is 0 Å². The molecule has 0 aliphatic carbocycles. The zero-order chi connectivity index (χ0) is 22.6. The molecular formula is C25H21ClN6O. The minimum atomic E-state index is -0.130. The van der Waals surface area contributed by atoms with Crippen LogP contribution in [0.2, 0.25) is 5.02 Å². The Morgan fingerprint density at radius 3 is 2.70 bits per heavy atom. The number of amides is 1. The molecule has 7 nitrogen and oxygen atoms in total. The summed E-state index contributed by atoms with van der Waals surface area (Å²) in [6.07, 6.45) is 10.7. The molecule has 1 aliphatic rings. The highest BCUT2D eigenvalue weighted by molar-refractivity contribution is 6.30. The predicted molar refractivity (Wildman–Crippen MR) is 125 cm³/mol. The number of benzene rings is 1. The van der Waals surface area contributed by atoms with Gasteiger partial charge in [0.05, 0.1) is 29.3 Å². The number of carbonyl (C=O) groups is 1. The summed E-state index contributed by atoms with van der Waals surface area (Å²) >= 11 is 6.12. The number of halogens is 1. The normalized spacial score (nSPS) is 15.5. The molecule has 0 spiro atoms. The second-order valence-electron chi connectivity index (χ2n) is 7.93. The summed E-state index contributed by atoms with van der Waals surface area (Å²) in [5, 5.41) is 0.695. The van der Waals surface area contributed by atoms with Crippen molar-refractivity contribution >= 4 is 17.5 Å². The van der Waals surface area contributed by atoms with Crippen molar-refractivity contribution in [3.05, 3.63) is 101 Å². The van der Waals surface area contributed by atoms with Gasteiger partial charge in [0.1, 0.15) is 12.0 Å². The molecule has 0 saturated carbocycles. The Morgan fingerprint density at radius 1 is 1.00 bits per heavy atom. The maximum atomic E-state index is 13.4. The van der Waals surface area contributed by atoms with E-state index in [4.69, 9.17) is 16.6 Å². The summed E-state index contributed by atoms with van der Waals surface area (Å²) < 4.78 is 0. The Morgan fingerprint density at radius 2 is 1.85 bits per heavy atom. The van der Waals surface area contributed by atoms with Gasteiger partial charge in [-0.2, -0.15) is 0 Å². The number of nitrogens with zero attached hydrogens (tertiary/aromatic N) is 6. The highest BCUT2D eigenvalue weighted by Crippen LogP contribution is 2.32. The predicted octanol–water partition coefficient (Wildman–Crippen LogP) is 4.55. The lowest BCUT2D eigenvalue weighted by atomic mass is 10.1. The van der Waals surface area contributed by atoms with Gasteiger partial charge in [0.25, 0.3) is 5.91 Å². The fraction of sp³-hybridized carbons (Fsp3) is 0.200. The number of aromatic nitrogens is 5. The Labute approximate surface area is 196 Å². The molecule has 1 aliphatic heterocycles. The first-order chi connectivity index (χ1) is 16.2. The van der Waals surface area contributed by atoms with Crippen LogP contribution in [0, 0.1) is 0 Å². The Hall–Kier alpha value is -3.71. The maximum Gasteiger partial charge on any atom is 0.273 e. The zero-order valence-corrected chi connectivity index (χ0v) is 18.6. The summed E-state index contributed by atoms with van der Waals surface area (Å²) in [7, 11) is 0. The smallest absolute Gasteiger partial charge is 0.273 e. The van der Waals surface area contributed by atoms with Crippen molar-refractivity contribution in [2.24, 2.45) is 0 Å². The first kappa shape index (κ1) is 21.2. The van der Waals surface area contributed by atoms with Crippen LogP contribution in [-0.4, -0.2) is 42.3 Å². The van der Waals surface area contributed by atoms with E-state index in [2.05, 4.69) is 19.9 Å². The van der Waals surface area contributed by atoms with Gasteiger partial charge in [0.2, 0.25) is 0 Å². The average molecular weight is 457 g/mol. The van der Waals surface area contributed by atoms with Crippen LogP contribution in [0.3, 0.4) is 0 Å². The number of pyridine rings is 1. The van der Waals surface area contributed by atoms with Crippen LogP contribution in [0.5, 0.6) is 0 Å². The minimum absolute atomic E-state index is 0.113. The lowest BCUT2D eigenvalue weighted by Gasteiger charge is -2.24. The maximum absolute atomic E-state index is 13.4. The topological polar surface area (TPSA) is 84.8 Å². The Bertz CT molecular complexity index is 1280. The van der Waals surface area contributed by atoms with Gasteiger partial charge < -0.3 is 4.90 Å². The van der Waals surface area contributed by atoms with Gasteiger partial charge in [0.15, 0.2) is 0 Å². The fourth-order valence-electron chi connectivity index (χ4n) is 4.14. The van der Waals surface area contributed by atoms with E-state index in [1.54, 1.807) is 30.9 Å². The zero-order valence-electron chi connectivity index (χ0n) is 17.8. The van der Waals surface area contributed by atoms with Crippen molar-refractivity contribution in [3.8, 4) is 11.3 Å². The quantitative estimate of drug-likeness (QED) is 0.438. The molecule has 1 aromatic carbocycles. The van der Waals surface area contributed by atoms with E-state index in [1.165, 1.54) is 6.33 Å². The van der Waals surface area contributed by atoms with Crippen LogP contribution in [0.25, 0.3) is 11.3 Å². The van der Waals surface area contributed by atoms with E-state index < -0.39 is 0 Å². The molecule has 5 rings (SSSR count). The molecule has 0 bridgehead atoms. The number of likely N-dealkylation sites (tertiary alicyclic amines) is 1. The molecule has 0 radical (unpaired) electrons. The molecule has 164 valence electrons. The van der Waals surface area contributed by atoms with Gasteiger partial charge in [-0.1, -0.05) is 29.8 Å². The van der Waals surface area contributed by atoms with E-state index in [0.717, 1.165) is 35.4 Å². The lowest BCUT2D eigenvalue weighted by molar-refractivity contribution is 0.0726. The number of rotatable bonds is 5. The SMILES string of the molecule is O=C(c1cccc(-c2cncnc2)n1)N1CCC[C@H]1c1cncc(Cc2cccc(Cl)c2)n1. The Kier molecular flexibility index (Phi) is 6.04. The van der Waals surface area contributed by atoms with Crippen molar-refractivity contribution in [2.45, 2.75) is 25.3 Å². The molecule has 4 aromatic rings. The van der Waals surface area contributed by atoms with Gasteiger partial charge in [0, 0.05) is 42.1 Å². The third kappa shape index (κ3) is 4.73. The lowest BCUT2D eigenvalue weighted by Crippen LogP contribution is -2.31. The summed E-state index contributed by atoms with van der Waals surface area (Å²) in [6, 6.07) is 13.0. The second kappa shape index (κ2) is 9.42. The highest BCUT2D eigenvalue weighted by atomic mass is 35.5. The first-order valence-electron chi connectivity index (χ1n) is 10.8. The van der Waals surface area contributed by atoms with Crippen LogP contribution in [0.4, 0.5) is 0 Å². The van der Waals surface area contributed by atoms with Gasteiger partial charge in [-0.3, -0.25) is 14.8 Å². The van der Waals surface area contributed by atoms with Crippen LogP contribution < -0.4 is 0 Å². The standard InChI is InChI=1S/C25H21ClN6O/c26-19-5-1-4-17(10-19)11-20-14-27-15-23(30-20)24-8-3-9-32(24)25(33)22-7-2-6-21(31-22)18-12-28-16-29-13-18/h1-2,4-7,10,12-16,24H,3,8-9,11H2/t24-/m0/s1. The number of hydrogen-bond acceptors (Lipinski definition) is 6. The molecule has 4 heterocycles. The highest BCUT2D eigenvalue weighted by Gasteiger charge is 2.32. The second-order valence-corrected chi connectivity index (χ2v) is 8.37. The van der Waals surface area contributed by atoms with Crippen molar-refractivity contribution in [1.82, 2.24) is 29.8 Å². The molecule has 0 unspecified atom stereocenters. The molecule has 1 amide bonds. The van der Waals surface area contributed by atoms with E-state index >= 15 is 0 Å². The van der Waals surface area contributed by atoms with Gasteiger partial charge in [-0.25, -0.2) is 15.0 Å². The van der Waals surface area contributed by atoms with Crippen LogP contribution >= 0.6 is 11.6 Å². The van der Waals surface area contributed by atoms with Crippen molar-refractivity contribution < 1.29 is 4.79 Å². The van der Waals surface area contributed by atoms with E-state index in [-0.39, 0.29) is 11.9 Å². The number of hydrogen-bond donors (Lipinski definition) is 0. The molecule has 0 N–H and O–H groups in total. The van der Waals surface area contributed by atoms with E-state index in [1.807, 2.05) is 41.3 Å². The summed E-state index contributed by atoms with van der Waals surface area (Å²) in [5.74, 6) is -0.113. The summed E-state index contributed by atoms with van der Waals surface area (Å²) in [6.45, 7) is 0.657. The molecule has 8 heteroatoms. The summed E-state index contributed by atoms with van der Waals surface area (Å²) in [5.41, 5.74) is 4.54. The molecule has 1 atom stereocenters. The van der Waals surface area contributed by atoms with Gasteiger partial charge >= 0.3 is 0 Å². The van der Waals surface area contributed by atoms with Crippen molar-refractivity contribution in [2.75, 3.05) is 6.54 Å². The average Bonchev–Trinajstić information content (AvgIpc) is 3.34. The van der Waals surface area contributed by atoms with E-state index in [0.29, 0.717) is 29.4 Å². The number of carbonyl (C=O) groups excluding carboxylic acids is 1. The molecule has 1 fully saturated rings. The Balaban J connectivity index is 1.38. The van der Waals surface area contributed by atoms with Crippen molar-refractivity contribution in [1.29, 1.82) is 0 Å². The minimum Gasteiger partial charge on any atom is -0.329 e. The fourth-order valence-corrected chi connectivity index (χ4v) is 4.35. The van der Waals surface area contributed by atoms with Crippen LogP contribution in [0.1, 0.15) is 46.3 Å². The van der Waals surface area contributed by atoms with Crippen LogP contribution in [-0.2, 0) is 6.42 Å². The monoisotopic (exact) mass is 456 g/mol. The molecule has 33 heavy (non-hydrogen) atoms. The third-order valence-electron chi connectivity index (χ3n) is 5.66. The third-order valence-corrected chi connectivity index (χ3v) is 5.89.